The summed E-state index contributed by atoms with van der Waals surface area (Å²) in [6.07, 6.45) is 4.21. The summed E-state index contributed by atoms with van der Waals surface area (Å²) in [5.41, 5.74) is 2.77. The summed E-state index contributed by atoms with van der Waals surface area (Å²) in [6.45, 7) is 3.95. The first kappa shape index (κ1) is 11.7. The van der Waals surface area contributed by atoms with Gasteiger partial charge in [-0.3, -0.25) is 0 Å². The Morgan fingerprint density at radius 3 is 1.53 bits per heavy atom. The first-order valence-corrected chi connectivity index (χ1v) is 6.09. The first-order chi connectivity index (χ1) is 8.38. The fourth-order valence-electron chi connectivity index (χ4n) is 2.07. The summed E-state index contributed by atoms with van der Waals surface area (Å²) < 4.78 is 0. The highest BCUT2D eigenvalue weighted by molar-refractivity contribution is 5.19. The van der Waals surface area contributed by atoms with Crippen molar-refractivity contribution in [2.75, 3.05) is 0 Å². The molecule has 0 fully saturated rings. The van der Waals surface area contributed by atoms with E-state index in [-0.39, 0.29) is 0 Å². The molecule has 0 atom stereocenters. The van der Waals surface area contributed by atoms with E-state index in [2.05, 4.69) is 73.3 Å². The van der Waals surface area contributed by atoms with Crippen molar-refractivity contribution in [2.45, 2.75) is 12.8 Å². The highest BCUT2D eigenvalue weighted by atomic mass is 14.1. The van der Waals surface area contributed by atoms with Crippen molar-refractivity contribution >= 4 is 0 Å². The van der Waals surface area contributed by atoms with Crippen molar-refractivity contribution in [1.82, 2.24) is 0 Å². The second kappa shape index (κ2) is 6.05. The zero-order chi connectivity index (χ0) is 11.9. The maximum Gasteiger partial charge on any atom is -0.0155 e. The van der Waals surface area contributed by atoms with Gasteiger partial charge in [0.05, 0.1) is 0 Å². The molecule has 86 valence electrons. The molecule has 0 saturated carbocycles. The minimum absolute atomic E-state index is 0.514. The van der Waals surface area contributed by atoms with Gasteiger partial charge in [0.25, 0.3) is 0 Å². The topological polar surface area (TPSA) is 0 Å². The number of benzene rings is 2. The first-order valence-electron chi connectivity index (χ1n) is 6.09. The highest BCUT2D eigenvalue weighted by Gasteiger charge is 2.06. The van der Waals surface area contributed by atoms with E-state index in [4.69, 9.17) is 0 Å². The highest BCUT2D eigenvalue weighted by Crippen LogP contribution is 2.15. The summed E-state index contributed by atoms with van der Waals surface area (Å²) in [4.78, 5) is 0. The lowest BCUT2D eigenvalue weighted by Gasteiger charge is -2.12. The number of allylic oxidation sites excluding steroid dienone is 1. The maximum atomic E-state index is 3.95. The van der Waals surface area contributed by atoms with Crippen molar-refractivity contribution < 1.29 is 0 Å². The van der Waals surface area contributed by atoms with Crippen LogP contribution in [0, 0.1) is 5.92 Å². The molecule has 0 unspecified atom stereocenters. The molecule has 0 aliphatic heterocycles. The smallest absolute Gasteiger partial charge is 0.0155 e. The van der Waals surface area contributed by atoms with Crippen LogP contribution >= 0.6 is 0 Å². The molecular weight excluding hydrogens is 204 g/mol. The van der Waals surface area contributed by atoms with E-state index < -0.39 is 0 Å². The molecule has 2 aromatic rings. The minimum atomic E-state index is 0.514. The maximum absolute atomic E-state index is 3.95. The fraction of sp³-hybridized carbons (Fsp3) is 0.176. The number of hydrogen-bond donors (Lipinski definition) is 0. The summed E-state index contributed by atoms with van der Waals surface area (Å²) >= 11 is 0. The molecule has 0 nitrogen and oxygen atoms in total. The molecule has 2 rings (SSSR count). The van der Waals surface area contributed by atoms with Crippen molar-refractivity contribution in [3.05, 3.63) is 84.4 Å². The molecule has 2 aromatic carbocycles. The monoisotopic (exact) mass is 222 g/mol. The molecule has 0 bridgehead atoms. The molecule has 0 amide bonds. The van der Waals surface area contributed by atoms with Crippen molar-refractivity contribution in [3.8, 4) is 0 Å². The molecule has 0 aliphatic rings. The van der Waals surface area contributed by atoms with Gasteiger partial charge in [-0.2, -0.15) is 0 Å². The van der Waals surface area contributed by atoms with Gasteiger partial charge < -0.3 is 0 Å². The van der Waals surface area contributed by atoms with Gasteiger partial charge in [0, 0.05) is 0 Å². The average molecular weight is 222 g/mol. The van der Waals surface area contributed by atoms with Crippen LogP contribution in [0.5, 0.6) is 0 Å². The Kier molecular flexibility index (Phi) is 4.15. The van der Waals surface area contributed by atoms with Gasteiger partial charge in [-0.25, -0.2) is 0 Å². The molecule has 0 aliphatic carbocycles. The zero-order valence-electron chi connectivity index (χ0n) is 10.0. The third kappa shape index (κ3) is 3.60. The summed E-state index contributed by atoms with van der Waals surface area (Å²) in [6, 6.07) is 21.2. The predicted molar refractivity (Wildman–Crippen MR) is 74.0 cm³/mol. The lowest BCUT2D eigenvalue weighted by molar-refractivity contribution is 0.645. The van der Waals surface area contributed by atoms with Gasteiger partial charge in [0.1, 0.15) is 0 Å². The van der Waals surface area contributed by atoms with Crippen LogP contribution in [0.15, 0.2) is 73.3 Å². The van der Waals surface area contributed by atoms with Gasteiger partial charge in [-0.05, 0) is 29.9 Å². The van der Waals surface area contributed by atoms with Crippen LogP contribution in [0.1, 0.15) is 11.1 Å². The van der Waals surface area contributed by atoms with E-state index in [1.54, 1.807) is 0 Å². The predicted octanol–water partition coefficient (Wildman–Crippen LogP) is 4.27. The van der Waals surface area contributed by atoms with Crippen LogP contribution in [0.3, 0.4) is 0 Å². The van der Waals surface area contributed by atoms with Gasteiger partial charge in [-0.1, -0.05) is 66.7 Å². The molecule has 0 N–H and O–H groups in total. The SMILES string of the molecule is C=CC(Cc1ccccc1)Cc1ccccc1. The third-order valence-corrected chi connectivity index (χ3v) is 3.01. The van der Waals surface area contributed by atoms with Crippen molar-refractivity contribution in [3.63, 3.8) is 0 Å². The normalized spacial score (nSPS) is 10.4. The van der Waals surface area contributed by atoms with Crippen LogP contribution in [0.2, 0.25) is 0 Å². The van der Waals surface area contributed by atoms with E-state index in [0.717, 1.165) is 12.8 Å². The molecular formula is C17H18. The molecule has 0 radical (unpaired) electrons. The Morgan fingerprint density at radius 1 is 0.765 bits per heavy atom. The summed E-state index contributed by atoms with van der Waals surface area (Å²) in [5.74, 6) is 0.514. The van der Waals surface area contributed by atoms with E-state index >= 15 is 0 Å². The van der Waals surface area contributed by atoms with Gasteiger partial charge >= 0.3 is 0 Å². The quantitative estimate of drug-likeness (QED) is 0.663. The fourth-order valence-corrected chi connectivity index (χ4v) is 2.07. The Morgan fingerprint density at radius 2 is 1.18 bits per heavy atom. The van der Waals surface area contributed by atoms with Crippen LogP contribution in [-0.4, -0.2) is 0 Å². The lowest BCUT2D eigenvalue weighted by Crippen LogP contribution is -2.05. The van der Waals surface area contributed by atoms with Crippen LogP contribution in [0.25, 0.3) is 0 Å². The van der Waals surface area contributed by atoms with Crippen molar-refractivity contribution in [2.24, 2.45) is 5.92 Å². The standard InChI is InChI=1S/C17H18/c1-2-15(13-16-9-5-3-6-10-16)14-17-11-7-4-8-12-17/h2-12,15H,1,13-14H2. The van der Waals surface area contributed by atoms with Crippen LogP contribution < -0.4 is 0 Å². The summed E-state index contributed by atoms with van der Waals surface area (Å²) in [5, 5.41) is 0. The summed E-state index contributed by atoms with van der Waals surface area (Å²) in [7, 11) is 0. The van der Waals surface area contributed by atoms with E-state index in [9.17, 15) is 0 Å². The third-order valence-electron chi connectivity index (χ3n) is 3.01. The van der Waals surface area contributed by atoms with E-state index in [0.29, 0.717) is 5.92 Å². The molecule has 0 heteroatoms. The van der Waals surface area contributed by atoms with Crippen LogP contribution in [-0.2, 0) is 12.8 Å². The van der Waals surface area contributed by atoms with Crippen LogP contribution in [0.4, 0.5) is 0 Å². The van der Waals surface area contributed by atoms with Crippen molar-refractivity contribution in [1.29, 1.82) is 0 Å². The largest absolute Gasteiger partial charge is 0.103 e. The number of rotatable bonds is 5. The molecule has 0 heterocycles. The number of hydrogen-bond acceptors (Lipinski definition) is 0. The molecule has 0 saturated heterocycles. The van der Waals surface area contributed by atoms with Gasteiger partial charge in [0.2, 0.25) is 0 Å². The molecule has 0 aromatic heterocycles. The molecule has 17 heavy (non-hydrogen) atoms. The lowest BCUT2D eigenvalue weighted by atomic mass is 9.93. The molecule has 0 spiro atoms. The second-order valence-corrected chi connectivity index (χ2v) is 4.38. The Labute approximate surface area is 104 Å². The van der Waals surface area contributed by atoms with E-state index in [1.807, 2.05) is 0 Å². The Balaban J connectivity index is 2.01. The zero-order valence-corrected chi connectivity index (χ0v) is 10.0. The Hall–Kier alpha value is -1.82. The van der Waals surface area contributed by atoms with E-state index in [1.165, 1.54) is 11.1 Å². The second-order valence-electron chi connectivity index (χ2n) is 4.38. The minimum Gasteiger partial charge on any atom is -0.103 e. The van der Waals surface area contributed by atoms with Gasteiger partial charge in [0.15, 0.2) is 0 Å². The average Bonchev–Trinajstić information content (AvgIpc) is 2.40. The van der Waals surface area contributed by atoms with Gasteiger partial charge in [-0.15, -0.1) is 6.58 Å². The Bertz CT molecular complexity index is 400.